The first-order valence-electron chi connectivity index (χ1n) is 7.28. The summed E-state index contributed by atoms with van der Waals surface area (Å²) in [5, 5.41) is 12.3. The molecule has 8 heteroatoms. The number of nitrogens with one attached hydrogen (secondary N) is 2. The van der Waals surface area contributed by atoms with Gasteiger partial charge in [0.2, 0.25) is 5.96 Å². The standard InChI is InChI=1S/C16H17ClN6.ClH/c1-9-15-13(21-8-20-9)6-10(7-14(15)22-23-16(18)19)11-4-2-3-5-12(11)17;/h2-5,8,10H,6-7H2,1H3,(H4,18,19,23);1H/b22-14+;. The van der Waals surface area contributed by atoms with Gasteiger partial charge in [0.15, 0.2) is 0 Å². The molecule has 1 unspecified atom stereocenters. The number of halogens is 2. The molecule has 4 N–H and O–H groups in total. The van der Waals surface area contributed by atoms with Crippen LogP contribution in [0.15, 0.2) is 35.7 Å². The number of rotatable bonds is 2. The van der Waals surface area contributed by atoms with E-state index >= 15 is 0 Å². The van der Waals surface area contributed by atoms with Crippen LogP contribution in [0.1, 0.15) is 34.9 Å². The van der Waals surface area contributed by atoms with E-state index in [4.69, 9.17) is 22.7 Å². The number of hydrazone groups is 1. The van der Waals surface area contributed by atoms with Crippen molar-refractivity contribution in [1.82, 2.24) is 15.4 Å². The van der Waals surface area contributed by atoms with E-state index in [1.807, 2.05) is 31.2 Å². The maximum absolute atomic E-state index is 7.31. The third-order valence-corrected chi connectivity index (χ3v) is 4.28. The van der Waals surface area contributed by atoms with Gasteiger partial charge in [-0.2, -0.15) is 5.10 Å². The number of aromatic nitrogens is 2. The Balaban J connectivity index is 0.00000208. The molecule has 126 valence electrons. The van der Waals surface area contributed by atoms with Crippen LogP contribution in [0.4, 0.5) is 0 Å². The van der Waals surface area contributed by atoms with Gasteiger partial charge in [0, 0.05) is 10.6 Å². The minimum atomic E-state index is -0.201. The van der Waals surface area contributed by atoms with Crippen molar-refractivity contribution in [2.75, 3.05) is 0 Å². The van der Waals surface area contributed by atoms with E-state index < -0.39 is 0 Å². The van der Waals surface area contributed by atoms with Crippen molar-refractivity contribution >= 4 is 35.7 Å². The zero-order valence-electron chi connectivity index (χ0n) is 13.1. The summed E-state index contributed by atoms with van der Waals surface area (Å²) < 4.78 is 0. The number of fused-ring (bicyclic) bond motifs is 1. The van der Waals surface area contributed by atoms with Gasteiger partial charge in [0.25, 0.3) is 0 Å². The Morgan fingerprint density at radius 3 is 2.79 bits per heavy atom. The molecular formula is C16H18Cl2N6. The van der Waals surface area contributed by atoms with E-state index in [0.29, 0.717) is 6.42 Å². The SMILES string of the molecule is Cc1ncnc2c1/C(=N/NC(=N)N)CC(c1ccccc1Cl)C2.Cl. The summed E-state index contributed by atoms with van der Waals surface area (Å²) in [6.07, 6.45) is 3.03. The Bertz CT molecular complexity index is 790. The average Bonchev–Trinajstić information content (AvgIpc) is 2.53. The van der Waals surface area contributed by atoms with Crippen LogP contribution in [-0.2, 0) is 6.42 Å². The fourth-order valence-electron chi connectivity index (χ4n) is 2.95. The van der Waals surface area contributed by atoms with E-state index in [1.165, 1.54) is 0 Å². The molecule has 0 saturated heterocycles. The van der Waals surface area contributed by atoms with Crippen molar-refractivity contribution < 1.29 is 0 Å². The topological polar surface area (TPSA) is 100 Å². The molecule has 1 aromatic carbocycles. The van der Waals surface area contributed by atoms with Gasteiger partial charge in [-0.15, -0.1) is 12.4 Å². The summed E-state index contributed by atoms with van der Waals surface area (Å²) >= 11 is 6.35. The van der Waals surface area contributed by atoms with Crippen LogP contribution >= 0.6 is 24.0 Å². The fraction of sp³-hybridized carbons (Fsp3) is 0.250. The normalized spacial score (nSPS) is 17.8. The molecule has 1 aliphatic carbocycles. The zero-order chi connectivity index (χ0) is 16.4. The fourth-order valence-corrected chi connectivity index (χ4v) is 3.24. The van der Waals surface area contributed by atoms with Gasteiger partial charge in [-0.3, -0.25) is 5.41 Å². The molecule has 2 aromatic rings. The molecule has 0 fully saturated rings. The van der Waals surface area contributed by atoms with E-state index in [1.54, 1.807) is 6.33 Å². The molecule has 1 heterocycles. The quantitative estimate of drug-likeness (QED) is 0.433. The van der Waals surface area contributed by atoms with Crippen molar-refractivity contribution in [2.45, 2.75) is 25.7 Å². The van der Waals surface area contributed by atoms with E-state index in [-0.39, 0.29) is 24.3 Å². The molecule has 0 spiro atoms. The second-order valence-electron chi connectivity index (χ2n) is 5.49. The highest BCUT2D eigenvalue weighted by atomic mass is 35.5. The highest BCUT2D eigenvalue weighted by molar-refractivity contribution is 6.31. The summed E-state index contributed by atoms with van der Waals surface area (Å²) in [4.78, 5) is 8.67. The summed E-state index contributed by atoms with van der Waals surface area (Å²) in [5.74, 6) is -0.0218. The average molecular weight is 365 g/mol. The second kappa shape index (κ2) is 7.59. The molecule has 0 radical (unpaired) electrons. The van der Waals surface area contributed by atoms with Gasteiger partial charge in [-0.25, -0.2) is 15.4 Å². The molecule has 24 heavy (non-hydrogen) atoms. The predicted molar refractivity (Wildman–Crippen MR) is 98.1 cm³/mol. The third-order valence-electron chi connectivity index (χ3n) is 3.94. The van der Waals surface area contributed by atoms with Gasteiger partial charge in [-0.1, -0.05) is 29.8 Å². The predicted octanol–water partition coefficient (Wildman–Crippen LogP) is 2.78. The molecule has 0 saturated carbocycles. The Hall–Kier alpha value is -2.18. The minimum absolute atomic E-state index is 0. The number of hydrogen-bond acceptors (Lipinski definition) is 4. The Morgan fingerprint density at radius 1 is 1.33 bits per heavy atom. The number of hydrogen-bond donors (Lipinski definition) is 3. The largest absolute Gasteiger partial charge is 0.369 e. The smallest absolute Gasteiger partial charge is 0.206 e. The summed E-state index contributed by atoms with van der Waals surface area (Å²) in [7, 11) is 0. The van der Waals surface area contributed by atoms with Gasteiger partial charge in [-0.05, 0) is 37.3 Å². The van der Waals surface area contributed by atoms with Crippen LogP contribution < -0.4 is 11.2 Å². The molecule has 3 rings (SSSR count). The van der Waals surface area contributed by atoms with Crippen molar-refractivity contribution in [2.24, 2.45) is 10.8 Å². The highest BCUT2D eigenvalue weighted by Gasteiger charge is 2.28. The summed E-state index contributed by atoms with van der Waals surface area (Å²) in [5.41, 5.74) is 12.5. The lowest BCUT2D eigenvalue weighted by atomic mass is 9.81. The number of aryl methyl sites for hydroxylation is 1. The van der Waals surface area contributed by atoms with Crippen molar-refractivity contribution in [1.29, 1.82) is 5.41 Å². The maximum atomic E-state index is 7.31. The van der Waals surface area contributed by atoms with E-state index in [0.717, 1.165) is 39.7 Å². The number of benzene rings is 1. The van der Waals surface area contributed by atoms with E-state index in [9.17, 15) is 0 Å². The molecule has 1 aliphatic rings. The van der Waals surface area contributed by atoms with Crippen LogP contribution in [-0.4, -0.2) is 21.6 Å². The zero-order valence-corrected chi connectivity index (χ0v) is 14.7. The lowest BCUT2D eigenvalue weighted by Gasteiger charge is -2.26. The van der Waals surface area contributed by atoms with Crippen molar-refractivity contribution in [3.05, 3.63) is 58.1 Å². The molecule has 0 aliphatic heterocycles. The van der Waals surface area contributed by atoms with Gasteiger partial charge < -0.3 is 5.73 Å². The molecule has 0 bridgehead atoms. The number of nitrogens with two attached hydrogens (primary N) is 1. The first-order chi connectivity index (χ1) is 11.1. The lowest BCUT2D eigenvalue weighted by Crippen LogP contribution is -2.30. The van der Waals surface area contributed by atoms with Crippen LogP contribution in [0.3, 0.4) is 0 Å². The molecular weight excluding hydrogens is 347 g/mol. The Morgan fingerprint density at radius 2 is 2.08 bits per heavy atom. The minimum Gasteiger partial charge on any atom is -0.369 e. The monoisotopic (exact) mass is 364 g/mol. The second-order valence-corrected chi connectivity index (χ2v) is 5.90. The number of nitrogens with zero attached hydrogens (tertiary/aromatic N) is 3. The van der Waals surface area contributed by atoms with Crippen LogP contribution in [0.25, 0.3) is 0 Å². The van der Waals surface area contributed by atoms with Gasteiger partial charge in [0.1, 0.15) is 6.33 Å². The molecule has 6 nitrogen and oxygen atoms in total. The van der Waals surface area contributed by atoms with Crippen molar-refractivity contribution in [3.63, 3.8) is 0 Å². The number of guanidine groups is 1. The Kier molecular flexibility index (Phi) is 5.75. The molecule has 0 amide bonds. The molecule has 1 atom stereocenters. The van der Waals surface area contributed by atoms with E-state index in [2.05, 4.69) is 20.5 Å². The third kappa shape index (κ3) is 3.66. The van der Waals surface area contributed by atoms with Gasteiger partial charge in [0.05, 0.1) is 17.1 Å². The summed E-state index contributed by atoms with van der Waals surface area (Å²) in [6, 6.07) is 7.82. The van der Waals surface area contributed by atoms with Gasteiger partial charge >= 0.3 is 0 Å². The van der Waals surface area contributed by atoms with Crippen LogP contribution in [0.2, 0.25) is 5.02 Å². The first-order valence-corrected chi connectivity index (χ1v) is 7.66. The lowest BCUT2D eigenvalue weighted by molar-refractivity contribution is 0.671. The molecule has 1 aromatic heterocycles. The summed E-state index contributed by atoms with van der Waals surface area (Å²) in [6.45, 7) is 1.93. The Labute approximate surface area is 151 Å². The maximum Gasteiger partial charge on any atom is 0.206 e. The van der Waals surface area contributed by atoms with Crippen LogP contribution in [0.5, 0.6) is 0 Å². The highest BCUT2D eigenvalue weighted by Crippen LogP contribution is 2.35. The first kappa shape index (κ1) is 18.2. The van der Waals surface area contributed by atoms with Crippen molar-refractivity contribution in [3.8, 4) is 0 Å². The van der Waals surface area contributed by atoms with Crippen LogP contribution in [0, 0.1) is 12.3 Å².